The van der Waals surface area contributed by atoms with Gasteiger partial charge < -0.3 is 5.32 Å². The largest absolute Gasteiger partial charge is 0.354 e. The monoisotopic (exact) mass is 155 g/mol. The Morgan fingerprint density at radius 1 is 1.18 bits per heavy atom. The minimum absolute atomic E-state index is 0.0955. The van der Waals surface area contributed by atoms with Gasteiger partial charge >= 0.3 is 0 Å². The summed E-state index contributed by atoms with van der Waals surface area (Å²) >= 11 is 0. The van der Waals surface area contributed by atoms with Gasteiger partial charge in [0.15, 0.2) is 0 Å². The molecule has 0 atom stereocenters. The fourth-order valence-electron chi connectivity index (χ4n) is 1.80. The molecule has 0 saturated heterocycles. The summed E-state index contributed by atoms with van der Waals surface area (Å²) in [5, 5.41) is 2.92. The summed E-state index contributed by atoms with van der Waals surface area (Å²) in [7, 11) is 0. The van der Waals surface area contributed by atoms with Crippen LogP contribution in [0.25, 0.3) is 0 Å². The van der Waals surface area contributed by atoms with Gasteiger partial charge in [0.1, 0.15) is 0 Å². The molecule has 1 N–H and O–H groups in total. The molecule has 0 unspecified atom stereocenters. The molecule has 2 nitrogen and oxygen atoms in total. The fraction of sp³-hybridized carbons (Fsp3) is 0.889. The number of hydrogen-bond acceptors (Lipinski definition) is 1. The molecule has 1 amide bonds. The maximum absolute atomic E-state index is 10.3. The summed E-state index contributed by atoms with van der Waals surface area (Å²) < 4.78 is 0. The number of rotatable bonds is 2. The summed E-state index contributed by atoms with van der Waals surface area (Å²) in [6, 6.07) is 0. The summed E-state index contributed by atoms with van der Waals surface area (Å²) in [6.45, 7) is 2.15. The van der Waals surface area contributed by atoms with E-state index in [9.17, 15) is 4.79 Å². The topological polar surface area (TPSA) is 29.1 Å². The van der Waals surface area contributed by atoms with E-state index in [1.165, 1.54) is 25.7 Å². The Labute approximate surface area is 68.4 Å². The quantitative estimate of drug-likeness (QED) is 0.478. The van der Waals surface area contributed by atoms with Gasteiger partial charge in [-0.05, 0) is 19.8 Å². The van der Waals surface area contributed by atoms with E-state index in [1.807, 2.05) is 0 Å². The molecular weight excluding hydrogens is 138 g/mol. The molecular formula is C9H17NO. The highest BCUT2D eigenvalue weighted by molar-refractivity contribution is 5.47. The average molecular weight is 155 g/mol. The molecule has 64 valence electrons. The van der Waals surface area contributed by atoms with E-state index in [1.54, 1.807) is 0 Å². The lowest BCUT2D eigenvalue weighted by molar-refractivity contribution is -0.111. The average Bonchev–Trinajstić information content (AvgIpc) is 2.15. The molecule has 2 heteroatoms. The van der Waals surface area contributed by atoms with Crippen molar-refractivity contribution in [2.75, 3.05) is 0 Å². The van der Waals surface area contributed by atoms with Crippen LogP contribution in [0.4, 0.5) is 0 Å². The van der Waals surface area contributed by atoms with Gasteiger partial charge in [0.25, 0.3) is 0 Å². The van der Waals surface area contributed by atoms with Crippen LogP contribution in [0.15, 0.2) is 0 Å². The van der Waals surface area contributed by atoms with Crippen molar-refractivity contribution in [3.63, 3.8) is 0 Å². The summed E-state index contributed by atoms with van der Waals surface area (Å²) in [5.74, 6) is 0. The molecule has 1 fully saturated rings. The predicted octanol–water partition coefficient (Wildman–Crippen LogP) is 1.85. The number of amides is 1. The third-order valence-corrected chi connectivity index (χ3v) is 2.61. The van der Waals surface area contributed by atoms with E-state index in [2.05, 4.69) is 12.2 Å². The van der Waals surface area contributed by atoms with Gasteiger partial charge in [0.05, 0.1) is 0 Å². The zero-order valence-electron chi connectivity index (χ0n) is 7.23. The molecule has 1 aliphatic carbocycles. The highest BCUT2D eigenvalue weighted by Crippen LogP contribution is 2.25. The summed E-state index contributed by atoms with van der Waals surface area (Å²) in [6.07, 6.45) is 8.31. The van der Waals surface area contributed by atoms with Gasteiger partial charge in [-0.1, -0.05) is 25.7 Å². The number of hydrogen-bond donors (Lipinski definition) is 1. The first-order chi connectivity index (χ1) is 5.27. The molecule has 0 aromatic heterocycles. The Morgan fingerprint density at radius 3 is 2.18 bits per heavy atom. The third kappa shape index (κ3) is 2.52. The molecule has 0 bridgehead atoms. The molecule has 1 saturated carbocycles. The van der Waals surface area contributed by atoms with Gasteiger partial charge in [-0.25, -0.2) is 0 Å². The van der Waals surface area contributed by atoms with Gasteiger partial charge in [-0.2, -0.15) is 0 Å². The van der Waals surface area contributed by atoms with Gasteiger partial charge in [0.2, 0.25) is 6.41 Å². The van der Waals surface area contributed by atoms with Crippen LogP contribution in [0.1, 0.15) is 45.4 Å². The number of nitrogens with one attached hydrogen (secondary N) is 1. The predicted molar refractivity (Wildman–Crippen MR) is 45.3 cm³/mol. The highest BCUT2D eigenvalue weighted by Gasteiger charge is 2.23. The molecule has 0 aromatic carbocycles. The number of carbonyl (C=O) groups excluding carboxylic acids is 1. The van der Waals surface area contributed by atoms with E-state index in [-0.39, 0.29) is 5.54 Å². The van der Waals surface area contributed by atoms with Crippen molar-refractivity contribution >= 4 is 6.41 Å². The maximum atomic E-state index is 10.3. The van der Waals surface area contributed by atoms with Crippen molar-refractivity contribution in [1.29, 1.82) is 0 Å². The van der Waals surface area contributed by atoms with Crippen LogP contribution in [0.5, 0.6) is 0 Å². The number of carbonyl (C=O) groups is 1. The Balaban J connectivity index is 2.44. The van der Waals surface area contributed by atoms with E-state index in [4.69, 9.17) is 0 Å². The van der Waals surface area contributed by atoms with Crippen molar-refractivity contribution in [3.8, 4) is 0 Å². The second-order valence-electron chi connectivity index (χ2n) is 3.74. The first-order valence-corrected chi connectivity index (χ1v) is 4.48. The lowest BCUT2D eigenvalue weighted by Gasteiger charge is -2.26. The minimum Gasteiger partial charge on any atom is -0.354 e. The first-order valence-electron chi connectivity index (χ1n) is 4.48. The Hall–Kier alpha value is -0.530. The second kappa shape index (κ2) is 3.74. The normalized spacial score (nSPS) is 23.7. The summed E-state index contributed by atoms with van der Waals surface area (Å²) in [4.78, 5) is 10.3. The maximum Gasteiger partial charge on any atom is 0.207 e. The molecule has 0 heterocycles. The van der Waals surface area contributed by atoms with Crippen LogP contribution in [0, 0.1) is 0 Å². The van der Waals surface area contributed by atoms with E-state index < -0.39 is 0 Å². The summed E-state index contributed by atoms with van der Waals surface area (Å²) in [5.41, 5.74) is 0.0955. The SMILES string of the molecule is CC1(NC=O)CCCCCC1. The molecule has 1 aliphatic rings. The van der Waals surface area contributed by atoms with Crippen molar-refractivity contribution in [2.45, 2.75) is 51.0 Å². The molecule has 0 radical (unpaired) electrons. The van der Waals surface area contributed by atoms with Crippen LogP contribution in [-0.2, 0) is 4.79 Å². The Bertz CT molecular complexity index is 126. The smallest absolute Gasteiger partial charge is 0.207 e. The van der Waals surface area contributed by atoms with Crippen LogP contribution in [0.3, 0.4) is 0 Å². The molecule has 0 spiro atoms. The Kier molecular flexibility index (Phi) is 2.92. The van der Waals surface area contributed by atoms with Gasteiger partial charge in [-0.15, -0.1) is 0 Å². The standard InChI is InChI=1S/C9H17NO/c1-9(10-8-11)6-4-2-3-5-7-9/h8H,2-7H2,1H3,(H,10,11). The zero-order valence-corrected chi connectivity index (χ0v) is 7.23. The zero-order chi connectivity index (χ0) is 8.16. The van der Waals surface area contributed by atoms with E-state index in [0.717, 1.165) is 19.3 Å². The third-order valence-electron chi connectivity index (χ3n) is 2.61. The lowest BCUT2D eigenvalue weighted by Crippen LogP contribution is -2.40. The van der Waals surface area contributed by atoms with E-state index >= 15 is 0 Å². The first kappa shape index (κ1) is 8.57. The molecule has 1 rings (SSSR count). The lowest BCUT2D eigenvalue weighted by atomic mass is 9.93. The van der Waals surface area contributed by atoms with Crippen LogP contribution >= 0.6 is 0 Å². The minimum atomic E-state index is 0.0955. The molecule has 0 aliphatic heterocycles. The van der Waals surface area contributed by atoms with Crippen molar-refractivity contribution in [2.24, 2.45) is 0 Å². The van der Waals surface area contributed by atoms with Crippen molar-refractivity contribution in [3.05, 3.63) is 0 Å². The van der Waals surface area contributed by atoms with Gasteiger partial charge in [0, 0.05) is 5.54 Å². The fourth-order valence-corrected chi connectivity index (χ4v) is 1.80. The van der Waals surface area contributed by atoms with Crippen LogP contribution < -0.4 is 5.32 Å². The highest BCUT2D eigenvalue weighted by atomic mass is 16.1. The van der Waals surface area contributed by atoms with Crippen molar-refractivity contribution in [1.82, 2.24) is 5.32 Å². The van der Waals surface area contributed by atoms with E-state index in [0.29, 0.717) is 0 Å². The molecule has 0 aromatic rings. The van der Waals surface area contributed by atoms with Crippen LogP contribution in [0.2, 0.25) is 0 Å². The van der Waals surface area contributed by atoms with Crippen molar-refractivity contribution < 1.29 is 4.79 Å². The second-order valence-corrected chi connectivity index (χ2v) is 3.74. The van der Waals surface area contributed by atoms with Crippen LogP contribution in [-0.4, -0.2) is 11.9 Å². The van der Waals surface area contributed by atoms with Gasteiger partial charge in [-0.3, -0.25) is 4.79 Å². The Morgan fingerprint density at radius 2 is 1.73 bits per heavy atom. The molecule has 11 heavy (non-hydrogen) atoms.